The van der Waals surface area contributed by atoms with Crippen LogP contribution in [0.15, 0.2) is 29.4 Å². The van der Waals surface area contributed by atoms with E-state index in [-0.39, 0.29) is 12.4 Å². The zero-order valence-corrected chi connectivity index (χ0v) is 14.8. The lowest BCUT2D eigenvalue weighted by atomic mass is 10.2. The summed E-state index contributed by atoms with van der Waals surface area (Å²) in [5.74, 6) is 1.45. The first-order valence-electron chi connectivity index (χ1n) is 7.48. The minimum Gasteiger partial charge on any atom is -0.497 e. The molecular weight excluding hydrogens is 312 g/mol. The number of carbonyl (C=O) groups excluding carboxylic acids is 1. The van der Waals surface area contributed by atoms with Gasteiger partial charge in [-0.25, -0.2) is 4.98 Å². The lowest BCUT2D eigenvalue weighted by Crippen LogP contribution is -2.11. The number of methoxy groups -OCH3 is 1. The number of ether oxygens (including phenoxy) is 2. The van der Waals surface area contributed by atoms with Gasteiger partial charge in [0, 0.05) is 12.8 Å². The third-order valence-electron chi connectivity index (χ3n) is 3.52. The monoisotopic (exact) mass is 334 g/mol. The van der Waals surface area contributed by atoms with Crippen LogP contribution in [-0.2, 0) is 28.8 Å². The summed E-state index contributed by atoms with van der Waals surface area (Å²) in [6, 6.07) is 7.99. The SMILES string of the molecule is CCOC(=O)Cc1c(C)nc(SCc2ccc(OC)cc2)n1C. The molecule has 0 N–H and O–H groups in total. The Morgan fingerprint density at radius 1 is 1.30 bits per heavy atom. The molecule has 0 saturated carbocycles. The van der Waals surface area contributed by atoms with Crippen molar-refractivity contribution in [3.05, 3.63) is 41.2 Å². The van der Waals surface area contributed by atoms with Crippen molar-refractivity contribution < 1.29 is 14.3 Å². The normalized spacial score (nSPS) is 10.6. The number of aromatic nitrogens is 2. The summed E-state index contributed by atoms with van der Waals surface area (Å²) in [6.45, 7) is 4.13. The molecule has 2 rings (SSSR count). The highest BCUT2D eigenvalue weighted by Gasteiger charge is 2.15. The predicted molar refractivity (Wildman–Crippen MR) is 90.8 cm³/mol. The molecule has 0 aliphatic carbocycles. The summed E-state index contributed by atoms with van der Waals surface area (Å²) in [6.07, 6.45) is 0.256. The molecule has 0 aliphatic heterocycles. The predicted octanol–water partition coefficient (Wildman–Crippen LogP) is 3.14. The first-order valence-corrected chi connectivity index (χ1v) is 8.47. The molecule has 6 heteroatoms. The zero-order chi connectivity index (χ0) is 16.8. The molecule has 0 amide bonds. The third kappa shape index (κ3) is 4.51. The number of aryl methyl sites for hydroxylation is 1. The fraction of sp³-hybridized carbons (Fsp3) is 0.412. The lowest BCUT2D eigenvalue weighted by Gasteiger charge is -2.07. The van der Waals surface area contributed by atoms with Crippen molar-refractivity contribution in [3.63, 3.8) is 0 Å². The van der Waals surface area contributed by atoms with E-state index in [1.54, 1.807) is 18.9 Å². The van der Waals surface area contributed by atoms with Crippen molar-refractivity contribution >= 4 is 17.7 Å². The van der Waals surface area contributed by atoms with Crippen LogP contribution in [0.25, 0.3) is 0 Å². The zero-order valence-electron chi connectivity index (χ0n) is 14.0. The molecule has 0 bridgehead atoms. The first-order chi connectivity index (χ1) is 11.0. The summed E-state index contributed by atoms with van der Waals surface area (Å²) in [4.78, 5) is 16.2. The van der Waals surface area contributed by atoms with Crippen LogP contribution < -0.4 is 4.74 Å². The summed E-state index contributed by atoms with van der Waals surface area (Å²) < 4.78 is 12.2. The highest BCUT2D eigenvalue weighted by atomic mass is 32.2. The number of esters is 1. The van der Waals surface area contributed by atoms with Crippen LogP contribution >= 0.6 is 11.8 Å². The quantitative estimate of drug-likeness (QED) is 0.575. The van der Waals surface area contributed by atoms with Crippen molar-refractivity contribution in [2.24, 2.45) is 7.05 Å². The van der Waals surface area contributed by atoms with Crippen LogP contribution in [-0.4, -0.2) is 29.2 Å². The van der Waals surface area contributed by atoms with Crippen molar-refractivity contribution in [1.29, 1.82) is 0 Å². The van der Waals surface area contributed by atoms with Crippen LogP contribution in [0.1, 0.15) is 23.9 Å². The van der Waals surface area contributed by atoms with E-state index < -0.39 is 0 Å². The second-order valence-electron chi connectivity index (χ2n) is 5.10. The maximum absolute atomic E-state index is 11.7. The van der Waals surface area contributed by atoms with E-state index in [0.29, 0.717) is 6.61 Å². The van der Waals surface area contributed by atoms with Crippen LogP contribution in [0.5, 0.6) is 5.75 Å². The Morgan fingerprint density at radius 3 is 2.61 bits per heavy atom. The van der Waals surface area contributed by atoms with Gasteiger partial charge in [-0.15, -0.1) is 0 Å². The molecule has 0 unspecified atom stereocenters. The molecular formula is C17H22N2O3S. The molecule has 0 spiro atoms. The van der Waals surface area contributed by atoms with Crippen LogP contribution in [0, 0.1) is 6.92 Å². The van der Waals surface area contributed by atoms with Gasteiger partial charge in [-0.2, -0.15) is 0 Å². The van der Waals surface area contributed by atoms with Gasteiger partial charge in [-0.05, 0) is 31.5 Å². The number of rotatable bonds is 7. The molecule has 5 nitrogen and oxygen atoms in total. The van der Waals surface area contributed by atoms with Gasteiger partial charge in [0.2, 0.25) is 0 Å². The minimum atomic E-state index is -0.217. The Labute approximate surface area is 141 Å². The van der Waals surface area contributed by atoms with Crippen LogP contribution in [0.2, 0.25) is 0 Å². The van der Waals surface area contributed by atoms with E-state index in [0.717, 1.165) is 28.0 Å². The molecule has 124 valence electrons. The summed E-state index contributed by atoms with van der Waals surface area (Å²) >= 11 is 1.65. The number of nitrogens with zero attached hydrogens (tertiary/aromatic N) is 2. The van der Waals surface area contributed by atoms with Crippen LogP contribution in [0.4, 0.5) is 0 Å². The molecule has 1 aromatic heterocycles. The van der Waals surface area contributed by atoms with Crippen molar-refractivity contribution in [2.45, 2.75) is 31.2 Å². The van der Waals surface area contributed by atoms with Gasteiger partial charge in [0.15, 0.2) is 5.16 Å². The van der Waals surface area contributed by atoms with Crippen molar-refractivity contribution in [2.75, 3.05) is 13.7 Å². The maximum Gasteiger partial charge on any atom is 0.311 e. The molecule has 1 heterocycles. The van der Waals surface area contributed by atoms with Crippen molar-refractivity contribution in [1.82, 2.24) is 9.55 Å². The van der Waals surface area contributed by atoms with Crippen LogP contribution in [0.3, 0.4) is 0 Å². The number of thioether (sulfide) groups is 1. The number of hydrogen-bond donors (Lipinski definition) is 0. The average molecular weight is 334 g/mol. The second-order valence-corrected chi connectivity index (χ2v) is 6.05. The Bertz CT molecular complexity index is 665. The number of benzene rings is 1. The van der Waals surface area contributed by atoms with Gasteiger partial charge in [0.25, 0.3) is 0 Å². The molecule has 1 aromatic carbocycles. The summed E-state index contributed by atoms with van der Waals surface area (Å²) in [5, 5.41) is 0.901. The number of hydrogen-bond acceptors (Lipinski definition) is 5. The van der Waals surface area contributed by atoms with Gasteiger partial charge in [-0.3, -0.25) is 4.79 Å². The topological polar surface area (TPSA) is 53.4 Å². The smallest absolute Gasteiger partial charge is 0.311 e. The Balaban J connectivity index is 2.04. The standard InChI is InChI=1S/C17H22N2O3S/c1-5-22-16(20)10-15-12(2)18-17(19(15)3)23-11-13-6-8-14(21-4)9-7-13/h6-9H,5,10-11H2,1-4H3. The summed E-state index contributed by atoms with van der Waals surface area (Å²) in [7, 11) is 3.59. The molecule has 0 fully saturated rings. The fourth-order valence-corrected chi connectivity index (χ4v) is 3.23. The van der Waals surface area contributed by atoms with Gasteiger partial charge >= 0.3 is 5.97 Å². The lowest BCUT2D eigenvalue weighted by molar-refractivity contribution is -0.142. The number of carbonyl (C=O) groups is 1. The highest BCUT2D eigenvalue weighted by Crippen LogP contribution is 2.25. The maximum atomic E-state index is 11.7. The van der Waals surface area contributed by atoms with E-state index in [9.17, 15) is 4.79 Å². The second kappa shape index (κ2) is 8.06. The Hall–Kier alpha value is -1.95. The molecule has 2 aromatic rings. The molecule has 0 atom stereocenters. The van der Waals surface area contributed by atoms with E-state index in [2.05, 4.69) is 4.98 Å². The minimum absolute atomic E-state index is 0.217. The third-order valence-corrected chi connectivity index (χ3v) is 4.62. The molecule has 0 aliphatic rings. The van der Waals surface area contributed by atoms with E-state index in [1.807, 2.05) is 49.7 Å². The van der Waals surface area contributed by atoms with Gasteiger partial charge in [0.05, 0.1) is 31.5 Å². The van der Waals surface area contributed by atoms with Gasteiger partial charge in [0.1, 0.15) is 5.75 Å². The molecule has 23 heavy (non-hydrogen) atoms. The first kappa shape index (κ1) is 17.4. The molecule has 0 saturated heterocycles. The van der Waals surface area contributed by atoms with Crippen molar-refractivity contribution in [3.8, 4) is 5.75 Å². The Morgan fingerprint density at radius 2 is 2.00 bits per heavy atom. The van der Waals surface area contributed by atoms with Gasteiger partial charge < -0.3 is 14.0 Å². The van der Waals surface area contributed by atoms with E-state index >= 15 is 0 Å². The molecule has 0 radical (unpaired) electrons. The average Bonchev–Trinajstić information content (AvgIpc) is 2.81. The fourth-order valence-electron chi connectivity index (χ4n) is 2.24. The summed E-state index contributed by atoms with van der Waals surface area (Å²) in [5.41, 5.74) is 2.97. The van der Waals surface area contributed by atoms with E-state index in [4.69, 9.17) is 9.47 Å². The Kier molecular flexibility index (Phi) is 6.10. The highest BCUT2D eigenvalue weighted by molar-refractivity contribution is 7.98. The van der Waals surface area contributed by atoms with Gasteiger partial charge in [-0.1, -0.05) is 23.9 Å². The number of imidazole rings is 1. The largest absolute Gasteiger partial charge is 0.497 e. The van der Waals surface area contributed by atoms with E-state index in [1.165, 1.54) is 5.56 Å².